The summed E-state index contributed by atoms with van der Waals surface area (Å²) in [6.45, 7) is 0.0944. The van der Waals surface area contributed by atoms with Crippen molar-refractivity contribution in [3.05, 3.63) is 22.2 Å². The smallest absolute Gasteiger partial charge is 0.311 e. The van der Waals surface area contributed by atoms with Crippen molar-refractivity contribution >= 4 is 17.3 Å². The summed E-state index contributed by atoms with van der Waals surface area (Å²) in [6.07, 6.45) is 3.99. The third kappa shape index (κ3) is 3.16. The largest absolute Gasteiger partial charge is 0.396 e. The van der Waals surface area contributed by atoms with Crippen LogP contribution in [-0.4, -0.2) is 34.7 Å². The van der Waals surface area contributed by atoms with Crippen molar-refractivity contribution in [3.63, 3.8) is 0 Å². The summed E-state index contributed by atoms with van der Waals surface area (Å²) in [6, 6.07) is 3.05. The molecule has 1 aliphatic carbocycles. The summed E-state index contributed by atoms with van der Waals surface area (Å²) in [5.74, 6) is 0.977. The number of aliphatic hydroxyl groups excluding tert-OH is 1. The van der Waals surface area contributed by atoms with Gasteiger partial charge in [-0.3, -0.25) is 10.1 Å². The molecule has 1 heterocycles. The van der Waals surface area contributed by atoms with E-state index in [1.165, 1.54) is 6.07 Å². The molecule has 7 nitrogen and oxygen atoms in total. The minimum Gasteiger partial charge on any atom is -0.396 e. The predicted molar refractivity (Wildman–Crippen MR) is 76.9 cm³/mol. The zero-order valence-electron chi connectivity index (χ0n) is 11.5. The van der Waals surface area contributed by atoms with Crippen LogP contribution >= 0.6 is 0 Å². The normalized spacial score (nSPS) is 22.3. The monoisotopic (exact) mass is 280 g/mol. The van der Waals surface area contributed by atoms with Crippen LogP contribution in [0.2, 0.25) is 0 Å². The van der Waals surface area contributed by atoms with E-state index >= 15 is 0 Å². The Hall–Kier alpha value is -1.89. The van der Waals surface area contributed by atoms with Crippen LogP contribution < -0.4 is 10.6 Å². The molecule has 0 amide bonds. The first kappa shape index (κ1) is 14.5. The van der Waals surface area contributed by atoms with E-state index in [9.17, 15) is 15.2 Å². The number of hydrogen-bond donors (Lipinski definition) is 3. The first-order valence-electron chi connectivity index (χ1n) is 6.86. The molecule has 2 unspecified atom stereocenters. The van der Waals surface area contributed by atoms with Gasteiger partial charge in [-0.2, -0.15) is 0 Å². The molecule has 110 valence electrons. The standard InChI is InChI=1S/C13H20N4O3/c1-14-12-7-6-11(17(19)20)13(16-12)15-10-5-3-2-4-9(10)8-18/h6-7,9-10,18H,2-5,8H2,1H3,(H2,14,15,16). The van der Waals surface area contributed by atoms with Crippen molar-refractivity contribution < 1.29 is 10.0 Å². The lowest BCUT2D eigenvalue weighted by Crippen LogP contribution is -2.34. The second-order valence-electron chi connectivity index (χ2n) is 5.05. The lowest BCUT2D eigenvalue weighted by atomic mass is 9.85. The molecule has 2 atom stereocenters. The maximum absolute atomic E-state index is 11.1. The number of nitro groups is 1. The first-order valence-corrected chi connectivity index (χ1v) is 6.86. The molecule has 0 aliphatic heterocycles. The molecule has 0 bridgehead atoms. The van der Waals surface area contributed by atoms with Gasteiger partial charge in [0.1, 0.15) is 5.82 Å². The summed E-state index contributed by atoms with van der Waals surface area (Å²) in [4.78, 5) is 14.9. The van der Waals surface area contributed by atoms with Crippen molar-refractivity contribution in [1.29, 1.82) is 0 Å². The summed E-state index contributed by atoms with van der Waals surface area (Å²) in [7, 11) is 1.72. The number of aliphatic hydroxyl groups is 1. The molecular formula is C13H20N4O3. The number of pyridine rings is 1. The highest BCUT2D eigenvalue weighted by Crippen LogP contribution is 2.30. The third-order valence-corrected chi connectivity index (χ3v) is 3.79. The molecule has 7 heteroatoms. The van der Waals surface area contributed by atoms with Gasteiger partial charge in [0.05, 0.1) is 4.92 Å². The van der Waals surface area contributed by atoms with Gasteiger partial charge in [-0.1, -0.05) is 12.8 Å². The lowest BCUT2D eigenvalue weighted by molar-refractivity contribution is -0.384. The van der Waals surface area contributed by atoms with E-state index < -0.39 is 4.92 Å². The highest BCUT2D eigenvalue weighted by molar-refractivity contribution is 5.60. The highest BCUT2D eigenvalue weighted by atomic mass is 16.6. The molecular weight excluding hydrogens is 260 g/mol. The number of anilines is 2. The van der Waals surface area contributed by atoms with Crippen molar-refractivity contribution in [2.45, 2.75) is 31.7 Å². The molecule has 20 heavy (non-hydrogen) atoms. The van der Waals surface area contributed by atoms with Crippen molar-refractivity contribution in [2.75, 3.05) is 24.3 Å². The fourth-order valence-corrected chi connectivity index (χ4v) is 2.64. The van der Waals surface area contributed by atoms with Crippen LogP contribution in [-0.2, 0) is 0 Å². The number of nitrogens with one attached hydrogen (secondary N) is 2. The lowest BCUT2D eigenvalue weighted by Gasteiger charge is -2.31. The minimum absolute atomic E-state index is 0.0343. The molecule has 1 aliphatic rings. The maximum Gasteiger partial charge on any atom is 0.311 e. The highest BCUT2D eigenvalue weighted by Gasteiger charge is 2.27. The second kappa shape index (κ2) is 6.51. The zero-order valence-corrected chi connectivity index (χ0v) is 11.5. The van der Waals surface area contributed by atoms with E-state index in [1.807, 2.05) is 0 Å². The molecule has 1 aromatic rings. The van der Waals surface area contributed by atoms with Crippen LogP contribution in [0.15, 0.2) is 12.1 Å². The van der Waals surface area contributed by atoms with E-state index in [0.29, 0.717) is 5.82 Å². The SMILES string of the molecule is CNc1ccc([N+](=O)[O-])c(NC2CCCCC2CO)n1. The van der Waals surface area contributed by atoms with Crippen LogP contribution in [0.5, 0.6) is 0 Å². The topological polar surface area (TPSA) is 100 Å². The van der Waals surface area contributed by atoms with Crippen molar-refractivity contribution in [2.24, 2.45) is 5.92 Å². The van der Waals surface area contributed by atoms with Gasteiger partial charge >= 0.3 is 5.69 Å². The van der Waals surface area contributed by atoms with Crippen molar-refractivity contribution in [1.82, 2.24) is 4.98 Å². The van der Waals surface area contributed by atoms with Gasteiger partial charge in [0.25, 0.3) is 0 Å². The summed E-state index contributed by atoms with van der Waals surface area (Å²) in [5, 5.41) is 26.5. The second-order valence-corrected chi connectivity index (χ2v) is 5.05. The minimum atomic E-state index is -0.439. The van der Waals surface area contributed by atoms with Crippen LogP contribution in [0.3, 0.4) is 0 Å². The summed E-state index contributed by atoms with van der Waals surface area (Å²) >= 11 is 0. The molecule has 0 aromatic carbocycles. The van der Waals surface area contributed by atoms with Crippen LogP contribution in [0.1, 0.15) is 25.7 Å². The maximum atomic E-state index is 11.1. The quantitative estimate of drug-likeness (QED) is 0.563. The van der Waals surface area contributed by atoms with Crippen LogP contribution in [0.25, 0.3) is 0 Å². The van der Waals surface area contributed by atoms with Gasteiger partial charge in [0.2, 0.25) is 5.82 Å². The fourth-order valence-electron chi connectivity index (χ4n) is 2.64. The molecule has 1 saturated carbocycles. The van der Waals surface area contributed by atoms with Gasteiger partial charge in [0, 0.05) is 31.7 Å². The van der Waals surface area contributed by atoms with Crippen LogP contribution in [0.4, 0.5) is 17.3 Å². The average Bonchev–Trinajstić information content (AvgIpc) is 2.47. The average molecular weight is 280 g/mol. The molecule has 1 fully saturated rings. The van der Waals surface area contributed by atoms with E-state index in [4.69, 9.17) is 0 Å². The van der Waals surface area contributed by atoms with Gasteiger partial charge in [-0.25, -0.2) is 4.98 Å². The molecule has 0 radical (unpaired) electrons. The van der Waals surface area contributed by atoms with E-state index in [0.717, 1.165) is 25.7 Å². The van der Waals surface area contributed by atoms with Gasteiger partial charge < -0.3 is 15.7 Å². The molecule has 1 aromatic heterocycles. The Bertz CT molecular complexity index is 481. The van der Waals surface area contributed by atoms with Gasteiger partial charge in [-0.15, -0.1) is 0 Å². The fraction of sp³-hybridized carbons (Fsp3) is 0.615. The Morgan fingerprint density at radius 1 is 1.45 bits per heavy atom. The molecule has 3 N–H and O–H groups in total. The van der Waals surface area contributed by atoms with Gasteiger partial charge in [0.15, 0.2) is 0 Å². The Morgan fingerprint density at radius 2 is 2.20 bits per heavy atom. The Kier molecular flexibility index (Phi) is 4.73. The zero-order chi connectivity index (χ0) is 14.5. The number of aromatic nitrogens is 1. The Labute approximate surface area is 117 Å². The van der Waals surface area contributed by atoms with E-state index in [-0.39, 0.29) is 30.1 Å². The number of nitrogens with zero attached hydrogens (tertiary/aromatic N) is 2. The first-order chi connectivity index (χ1) is 9.65. The van der Waals surface area contributed by atoms with Gasteiger partial charge in [-0.05, 0) is 18.9 Å². The Morgan fingerprint density at radius 3 is 2.85 bits per heavy atom. The molecule has 0 spiro atoms. The Balaban J connectivity index is 2.23. The predicted octanol–water partition coefficient (Wildman–Crippen LogP) is 1.99. The van der Waals surface area contributed by atoms with E-state index in [2.05, 4.69) is 15.6 Å². The third-order valence-electron chi connectivity index (χ3n) is 3.79. The number of hydrogen-bond acceptors (Lipinski definition) is 6. The summed E-state index contributed by atoms with van der Waals surface area (Å²) in [5.41, 5.74) is -0.0359. The van der Waals surface area contributed by atoms with E-state index in [1.54, 1.807) is 13.1 Å². The molecule has 2 rings (SSSR count). The summed E-state index contributed by atoms with van der Waals surface area (Å²) < 4.78 is 0. The number of rotatable bonds is 5. The van der Waals surface area contributed by atoms with Crippen LogP contribution in [0, 0.1) is 16.0 Å². The van der Waals surface area contributed by atoms with Crippen molar-refractivity contribution in [3.8, 4) is 0 Å². The molecule has 0 saturated heterocycles.